The monoisotopic (exact) mass is 276 g/mol. The predicted molar refractivity (Wildman–Crippen MR) is 78.2 cm³/mol. The van der Waals surface area contributed by atoms with E-state index in [0.717, 1.165) is 11.3 Å². The van der Waals surface area contributed by atoms with Crippen LogP contribution < -0.4 is 10.6 Å². The largest absolute Gasteiger partial charge is 0.342 e. The molecule has 0 bridgehead atoms. The SMILES string of the molecule is CC(N)Cc1cc(F)ccc1N(C)c1ccccc1F. The molecule has 1 atom stereocenters. The first-order valence-electron chi connectivity index (χ1n) is 6.51. The van der Waals surface area contributed by atoms with Gasteiger partial charge in [0.1, 0.15) is 11.6 Å². The van der Waals surface area contributed by atoms with Gasteiger partial charge in [0, 0.05) is 18.8 Å². The Hall–Kier alpha value is -1.94. The van der Waals surface area contributed by atoms with E-state index in [2.05, 4.69) is 0 Å². The molecule has 0 aliphatic carbocycles. The van der Waals surface area contributed by atoms with Crippen LogP contribution in [-0.4, -0.2) is 13.1 Å². The maximum absolute atomic E-state index is 13.9. The summed E-state index contributed by atoms with van der Waals surface area (Å²) in [6.07, 6.45) is 0.534. The molecule has 1 unspecified atom stereocenters. The normalized spacial score (nSPS) is 12.2. The van der Waals surface area contributed by atoms with Gasteiger partial charge < -0.3 is 10.6 Å². The van der Waals surface area contributed by atoms with Gasteiger partial charge in [-0.15, -0.1) is 0 Å². The third-order valence-corrected chi connectivity index (χ3v) is 3.16. The molecule has 0 aliphatic heterocycles. The maximum Gasteiger partial charge on any atom is 0.146 e. The van der Waals surface area contributed by atoms with Crippen LogP contribution in [0.4, 0.5) is 20.2 Å². The Morgan fingerprint density at radius 2 is 1.80 bits per heavy atom. The Kier molecular flexibility index (Phi) is 4.35. The van der Waals surface area contributed by atoms with Gasteiger partial charge >= 0.3 is 0 Å². The number of hydrogen-bond donors (Lipinski definition) is 1. The van der Waals surface area contributed by atoms with Crippen LogP contribution in [0.15, 0.2) is 42.5 Å². The standard InChI is InChI=1S/C16H18F2N2/c1-11(19)9-12-10-13(17)7-8-15(12)20(2)16-6-4-3-5-14(16)18/h3-8,10-11H,9,19H2,1-2H3. The number of anilines is 2. The topological polar surface area (TPSA) is 29.3 Å². The van der Waals surface area contributed by atoms with Gasteiger partial charge in [0.2, 0.25) is 0 Å². The summed E-state index contributed by atoms with van der Waals surface area (Å²) in [5, 5.41) is 0. The number of para-hydroxylation sites is 1. The summed E-state index contributed by atoms with van der Waals surface area (Å²) in [4.78, 5) is 1.71. The Labute approximate surface area is 117 Å². The average molecular weight is 276 g/mol. The molecule has 2 aromatic carbocycles. The summed E-state index contributed by atoms with van der Waals surface area (Å²) in [6.45, 7) is 1.86. The summed E-state index contributed by atoms with van der Waals surface area (Å²) in [5.74, 6) is -0.627. The van der Waals surface area contributed by atoms with Crippen LogP contribution >= 0.6 is 0 Å². The van der Waals surface area contributed by atoms with Gasteiger partial charge in [-0.25, -0.2) is 8.78 Å². The molecule has 0 saturated heterocycles. The molecule has 0 spiro atoms. The molecule has 0 heterocycles. The first kappa shape index (κ1) is 14.5. The lowest BCUT2D eigenvalue weighted by Crippen LogP contribution is -2.21. The molecule has 2 rings (SSSR count). The molecular formula is C16H18F2N2. The van der Waals surface area contributed by atoms with Crippen LogP contribution in [0.3, 0.4) is 0 Å². The maximum atomic E-state index is 13.9. The van der Waals surface area contributed by atoms with E-state index in [1.165, 1.54) is 18.2 Å². The second-order valence-electron chi connectivity index (χ2n) is 4.96. The van der Waals surface area contributed by atoms with Crippen molar-refractivity contribution in [1.82, 2.24) is 0 Å². The molecule has 20 heavy (non-hydrogen) atoms. The Bertz CT molecular complexity index is 597. The Morgan fingerprint density at radius 1 is 1.10 bits per heavy atom. The number of nitrogens with two attached hydrogens (primary N) is 1. The minimum Gasteiger partial charge on any atom is -0.342 e. The van der Waals surface area contributed by atoms with Crippen molar-refractivity contribution in [2.24, 2.45) is 5.73 Å². The fourth-order valence-corrected chi connectivity index (χ4v) is 2.25. The highest BCUT2D eigenvalue weighted by Crippen LogP contribution is 2.30. The van der Waals surface area contributed by atoms with Crippen LogP contribution in [0, 0.1) is 11.6 Å². The molecule has 2 aromatic rings. The fourth-order valence-electron chi connectivity index (χ4n) is 2.25. The summed E-state index contributed by atoms with van der Waals surface area (Å²) in [5.41, 5.74) is 7.77. The molecule has 2 nitrogen and oxygen atoms in total. The van der Waals surface area contributed by atoms with E-state index < -0.39 is 0 Å². The van der Waals surface area contributed by atoms with Gasteiger partial charge in [-0.05, 0) is 49.2 Å². The summed E-state index contributed by atoms with van der Waals surface area (Å²) in [7, 11) is 1.76. The molecular weight excluding hydrogens is 258 g/mol. The number of hydrogen-bond acceptors (Lipinski definition) is 2. The van der Waals surface area contributed by atoms with Gasteiger partial charge in [-0.3, -0.25) is 0 Å². The molecule has 0 aliphatic rings. The Balaban J connectivity index is 2.44. The zero-order chi connectivity index (χ0) is 14.7. The minimum absolute atomic E-state index is 0.0930. The molecule has 0 fully saturated rings. The third-order valence-electron chi connectivity index (χ3n) is 3.16. The van der Waals surface area contributed by atoms with E-state index in [0.29, 0.717) is 12.1 Å². The molecule has 0 amide bonds. The zero-order valence-electron chi connectivity index (χ0n) is 11.6. The second kappa shape index (κ2) is 6.01. The van der Waals surface area contributed by atoms with E-state index >= 15 is 0 Å². The van der Waals surface area contributed by atoms with Crippen molar-refractivity contribution >= 4 is 11.4 Å². The number of rotatable bonds is 4. The van der Waals surface area contributed by atoms with Crippen molar-refractivity contribution in [3.63, 3.8) is 0 Å². The van der Waals surface area contributed by atoms with Crippen LogP contribution in [0.25, 0.3) is 0 Å². The number of benzene rings is 2. The Morgan fingerprint density at radius 3 is 2.45 bits per heavy atom. The number of nitrogens with zero attached hydrogens (tertiary/aromatic N) is 1. The lowest BCUT2D eigenvalue weighted by molar-refractivity contribution is 0.621. The summed E-state index contributed by atoms with van der Waals surface area (Å²) in [6, 6.07) is 10.9. The smallest absolute Gasteiger partial charge is 0.146 e. The second-order valence-corrected chi connectivity index (χ2v) is 4.96. The molecule has 4 heteroatoms. The van der Waals surface area contributed by atoms with Crippen molar-refractivity contribution in [2.75, 3.05) is 11.9 Å². The van der Waals surface area contributed by atoms with E-state index in [9.17, 15) is 8.78 Å². The predicted octanol–water partition coefficient (Wildman–Crippen LogP) is 3.62. The van der Waals surface area contributed by atoms with Gasteiger partial charge in [0.25, 0.3) is 0 Å². The molecule has 0 aromatic heterocycles. The van der Waals surface area contributed by atoms with Gasteiger partial charge in [0.15, 0.2) is 0 Å². The van der Waals surface area contributed by atoms with Gasteiger partial charge in [-0.2, -0.15) is 0 Å². The van der Waals surface area contributed by atoms with Crippen molar-refractivity contribution in [1.29, 1.82) is 0 Å². The first-order chi connectivity index (χ1) is 9.49. The lowest BCUT2D eigenvalue weighted by Gasteiger charge is -2.24. The van der Waals surface area contributed by atoms with Crippen LogP contribution in [0.5, 0.6) is 0 Å². The van der Waals surface area contributed by atoms with Crippen molar-refractivity contribution in [3.05, 3.63) is 59.7 Å². The zero-order valence-corrected chi connectivity index (χ0v) is 11.6. The molecule has 0 radical (unpaired) electrons. The highest BCUT2D eigenvalue weighted by atomic mass is 19.1. The highest BCUT2D eigenvalue weighted by Gasteiger charge is 2.14. The number of halogens is 2. The van der Waals surface area contributed by atoms with E-state index in [1.807, 2.05) is 6.92 Å². The van der Waals surface area contributed by atoms with Crippen LogP contribution in [-0.2, 0) is 6.42 Å². The fraction of sp³-hybridized carbons (Fsp3) is 0.250. The van der Waals surface area contributed by atoms with Gasteiger partial charge in [0.05, 0.1) is 5.69 Å². The van der Waals surface area contributed by atoms with E-state index in [-0.39, 0.29) is 17.7 Å². The minimum atomic E-state index is -0.314. The summed E-state index contributed by atoms with van der Waals surface area (Å²) >= 11 is 0. The summed E-state index contributed by atoms with van der Waals surface area (Å²) < 4.78 is 27.3. The lowest BCUT2D eigenvalue weighted by atomic mass is 10.0. The first-order valence-corrected chi connectivity index (χ1v) is 6.51. The van der Waals surface area contributed by atoms with Crippen LogP contribution in [0.1, 0.15) is 12.5 Å². The molecule has 106 valence electrons. The molecule has 2 N–H and O–H groups in total. The van der Waals surface area contributed by atoms with Crippen molar-refractivity contribution in [3.8, 4) is 0 Å². The third kappa shape index (κ3) is 3.14. The van der Waals surface area contributed by atoms with Crippen molar-refractivity contribution in [2.45, 2.75) is 19.4 Å². The molecule has 0 saturated carbocycles. The average Bonchev–Trinajstić information content (AvgIpc) is 2.38. The van der Waals surface area contributed by atoms with E-state index in [1.54, 1.807) is 36.2 Å². The quantitative estimate of drug-likeness (QED) is 0.924. The highest BCUT2D eigenvalue weighted by molar-refractivity contribution is 5.66. The van der Waals surface area contributed by atoms with E-state index in [4.69, 9.17) is 5.73 Å². The van der Waals surface area contributed by atoms with Crippen molar-refractivity contribution < 1.29 is 8.78 Å². The van der Waals surface area contributed by atoms with Crippen LogP contribution in [0.2, 0.25) is 0 Å². The van der Waals surface area contributed by atoms with Gasteiger partial charge in [-0.1, -0.05) is 12.1 Å².